The minimum atomic E-state index is -0.0763. The van der Waals surface area contributed by atoms with Crippen molar-refractivity contribution in [3.05, 3.63) is 18.2 Å². The van der Waals surface area contributed by atoms with Crippen molar-refractivity contribution in [2.24, 2.45) is 0 Å². The number of fused-ring (bicyclic) bond motifs is 2. The predicted molar refractivity (Wildman–Crippen MR) is 95.1 cm³/mol. The molecule has 7 heteroatoms. The topological polar surface area (TPSA) is 65.1 Å². The van der Waals surface area contributed by atoms with Gasteiger partial charge in [-0.2, -0.15) is 0 Å². The number of anilines is 2. The number of piperazine rings is 1. The summed E-state index contributed by atoms with van der Waals surface area (Å²) in [6, 6.07) is 6.03. The Morgan fingerprint density at radius 2 is 2.16 bits per heavy atom. The van der Waals surface area contributed by atoms with Crippen LogP contribution < -0.4 is 15.0 Å². The summed E-state index contributed by atoms with van der Waals surface area (Å²) in [4.78, 5) is 30.4. The number of urea groups is 1. The first-order valence-electron chi connectivity index (χ1n) is 8.88. The maximum Gasteiger partial charge on any atom is 0.322 e. The summed E-state index contributed by atoms with van der Waals surface area (Å²) >= 11 is 0. The quantitative estimate of drug-likeness (QED) is 0.843. The van der Waals surface area contributed by atoms with Crippen LogP contribution in [0.5, 0.6) is 5.75 Å². The Balaban J connectivity index is 1.47. The van der Waals surface area contributed by atoms with Gasteiger partial charge in [0.25, 0.3) is 5.91 Å². The van der Waals surface area contributed by atoms with Crippen LogP contribution in [0.1, 0.15) is 19.8 Å². The molecule has 3 heterocycles. The van der Waals surface area contributed by atoms with Crippen LogP contribution in [-0.2, 0) is 4.79 Å². The van der Waals surface area contributed by atoms with Gasteiger partial charge in [0.1, 0.15) is 5.75 Å². The number of nitrogens with one attached hydrogen (secondary N) is 1. The average Bonchev–Trinajstić information content (AvgIpc) is 3.04. The van der Waals surface area contributed by atoms with Crippen LogP contribution in [0.2, 0.25) is 0 Å². The largest absolute Gasteiger partial charge is 0.481 e. The van der Waals surface area contributed by atoms with Crippen molar-refractivity contribution >= 4 is 23.3 Å². The van der Waals surface area contributed by atoms with E-state index in [9.17, 15) is 9.59 Å². The summed E-state index contributed by atoms with van der Waals surface area (Å²) in [7, 11) is 1.73. The minimum Gasteiger partial charge on any atom is -0.481 e. The van der Waals surface area contributed by atoms with E-state index >= 15 is 0 Å². The number of carbonyl (C=O) groups is 2. The van der Waals surface area contributed by atoms with Crippen molar-refractivity contribution in [1.82, 2.24) is 9.80 Å². The highest BCUT2D eigenvalue weighted by molar-refractivity contribution is 5.98. The van der Waals surface area contributed by atoms with Gasteiger partial charge in [0.15, 0.2) is 6.61 Å². The second-order valence-electron chi connectivity index (χ2n) is 7.15. The Kier molecular flexibility index (Phi) is 4.03. The maximum atomic E-state index is 12.7. The third-order valence-electron chi connectivity index (χ3n) is 5.50. The summed E-state index contributed by atoms with van der Waals surface area (Å²) < 4.78 is 5.49. The van der Waals surface area contributed by atoms with Crippen LogP contribution in [0.3, 0.4) is 0 Å². The van der Waals surface area contributed by atoms with E-state index in [0.29, 0.717) is 17.5 Å². The smallest absolute Gasteiger partial charge is 0.322 e. The molecule has 1 aromatic rings. The normalized spacial score (nSPS) is 26.1. The number of likely N-dealkylation sites (N-methyl/N-ethyl adjacent to an activating group) is 1. The number of amides is 3. The molecule has 25 heavy (non-hydrogen) atoms. The van der Waals surface area contributed by atoms with E-state index in [1.807, 2.05) is 11.0 Å². The zero-order valence-corrected chi connectivity index (χ0v) is 14.7. The highest BCUT2D eigenvalue weighted by Crippen LogP contribution is 2.34. The van der Waals surface area contributed by atoms with Gasteiger partial charge >= 0.3 is 6.03 Å². The van der Waals surface area contributed by atoms with Crippen LogP contribution >= 0.6 is 0 Å². The van der Waals surface area contributed by atoms with E-state index in [-0.39, 0.29) is 24.6 Å². The number of hydrogen-bond acceptors (Lipinski definition) is 4. The Morgan fingerprint density at radius 1 is 1.32 bits per heavy atom. The predicted octanol–water partition coefficient (Wildman–Crippen LogP) is 1.74. The molecule has 0 radical (unpaired) electrons. The zero-order chi connectivity index (χ0) is 17.6. The van der Waals surface area contributed by atoms with E-state index < -0.39 is 0 Å². The van der Waals surface area contributed by atoms with Crippen molar-refractivity contribution in [3.8, 4) is 5.75 Å². The molecular weight excluding hydrogens is 320 g/mol. The van der Waals surface area contributed by atoms with E-state index in [4.69, 9.17) is 4.74 Å². The van der Waals surface area contributed by atoms with Crippen molar-refractivity contribution in [3.63, 3.8) is 0 Å². The fraction of sp³-hybridized carbons (Fsp3) is 0.556. The summed E-state index contributed by atoms with van der Waals surface area (Å²) in [6.07, 6.45) is 2.39. The number of carbonyl (C=O) groups excluding carboxylic acids is 2. The van der Waals surface area contributed by atoms with Crippen LogP contribution in [0.25, 0.3) is 0 Å². The Labute approximate surface area is 147 Å². The molecule has 2 atom stereocenters. The molecule has 0 saturated carbocycles. The summed E-state index contributed by atoms with van der Waals surface area (Å²) in [6.45, 7) is 5.01. The highest BCUT2D eigenvalue weighted by atomic mass is 16.5. The molecule has 1 N–H and O–H groups in total. The molecule has 7 nitrogen and oxygen atoms in total. The third-order valence-corrected chi connectivity index (χ3v) is 5.50. The molecule has 2 fully saturated rings. The van der Waals surface area contributed by atoms with Crippen LogP contribution in [0, 0.1) is 0 Å². The van der Waals surface area contributed by atoms with Gasteiger partial charge in [0.2, 0.25) is 0 Å². The van der Waals surface area contributed by atoms with Crippen LogP contribution in [-0.4, -0.2) is 67.1 Å². The van der Waals surface area contributed by atoms with Gasteiger partial charge in [-0.3, -0.25) is 9.69 Å². The molecule has 4 rings (SSSR count). The summed E-state index contributed by atoms with van der Waals surface area (Å²) in [5.74, 6) is 0.543. The molecule has 0 spiro atoms. The molecule has 0 unspecified atom stereocenters. The van der Waals surface area contributed by atoms with Gasteiger partial charge in [-0.25, -0.2) is 4.79 Å². The van der Waals surface area contributed by atoms with E-state index in [1.54, 1.807) is 24.1 Å². The second-order valence-corrected chi connectivity index (χ2v) is 7.15. The van der Waals surface area contributed by atoms with Gasteiger partial charge in [-0.15, -0.1) is 0 Å². The lowest BCUT2D eigenvalue weighted by Crippen LogP contribution is -2.57. The first-order chi connectivity index (χ1) is 12.0. The Bertz CT molecular complexity index is 708. The van der Waals surface area contributed by atoms with Gasteiger partial charge in [-0.1, -0.05) is 0 Å². The molecule has 3 aliphatic heterocycles. The maximum absolute atomic E-state index is 12.7. The lowest BCUT2D eigenvalue weighted by molar-refractivity contribution is -0.120. The number of hydrogen-bond donors (Lipinski definition) is 1. The molecule has 1 aromatic carbocycles. The molecular formula is C18H24N4O3. The first kappa shape index (κ1) is 16.2. The number of nitrogens with zero attached hydrogens (tertiary/aromatic N) is 3. The molecule has 0 aromatic heterocycles. The third kappa shape index (κ3) is 2.93. The fourth-order valence-corrected chi connectivity index (χ4v) is 4.02. The van der Waals surface area contributed by atoms with E-state index in [1.165, 1.54) is 12.8 Å². The number of rotatable bonds is 1. The minimum absolute atomic E-state index is 0.0293. The van der Waals surface area contributed by atoms with Crippen LogP contribution in [0.15, 0.2) is 18.2 Å². The van der Waals surface area contributed by atoms with Crippen LogP contribution in [0.4, 0.5) is 16.2 Å². The van der Waals surface area contributed by atoms with Gasteiger partial charge in [-0.05, 0) is 38.4 Å². The molecule has 3 aliphatic rings. The van der Waals surface area contributed by atoms with Crippen molar-refractivity contribution < 1.29 is 14.3 Å². The lowest BCUT2D eigenvalue weighted by Gasteiger charge is -2.42. The lowest BCUT2D eigenvalue weighted by atomic mass is 10.1. The van der Waals surface area contributed by atoms with Crippen molar-refractivity contribution in [2.75, 3.05) is 43.5 Å². The summed E-state index contributed by atoms with van der Waals surface area (Å²) in [5.41, 5.74) is 1.41. The second kappa shape index (κ2) is 6.22. The number of ether oxygens (including phenoxy) is 1. The molecule has 0 bridgehead atoms. The summed E-state index contributed by atoms with van der Waals surface area (Å²) in [5, 5.41) is 2.98. The molecule has 134 valence electrons. The van der Waals surface area contributed by atoms with Crippen molar-refractivity contribution in [2.45, 2.75) is 31.8 Å². The van der Waals surface area contributed by atoms with Crippen molar-refractivity contribution in [1.29, 1.82) is 0 Å². The standard InChI is InChI=1S/C18H24N4O3/c1-12-9-21-7-3-4-14(21)10-22(12)18(24)19-13-5-6-15-16(8-13)25-11-17(23)20(15)2/h5-6,8,12,14H,3-4,7,9-11H2,1-2H3,(H,19,24)/t12-,14+/m0/s1. The Hall–Kier alpha value is -2.28. The zero-order valence-electron chi connectivity index (χ0n) is 14.7. The van der Waals surface area contributed by atoms with Gasteiger partial charge < -0.3 is 19.9 Å². The van der Waals surface area contributed by atoms with E-state index in [0.717, 1.165) is 25.3 Å². The first-order valence-corrected chi connectivity index (χ1v) is 8.88. The number of benzene rings is 1. The fourth-order valence-electron chi connectivity index (χ4n) is 4.02. The highest BCUT2D eigenvalue weighted by Gasteiger charge is 2.36. The van der Waals surface area contributed by atoms with Gasteiger partial charge in [0, 0.05) is 44.0 Å². The van der Waals surface area contributed by atoms with Gasteiger partial charge in [0.05, 0.1) is 5.69 Å². The molecule has 2 saturated heterocycles. The molecule has 0 aliphatic carbocycles. The SMILES string of the molecule is C[C@H]1CN2CCC[C@@H]2CN1C(=O)Nc1ccc2c(c1)OCC(=O)N2C. The average molecular weight is 344 g/mol. The molecule has 3 amide bonds. The monoisotopic (exact) mass is 344 g/mol. The van der Waals surface area contributed by atoms with E-state index in [2.05, 4.69) is 17.1 Å². The Morgan fingerprint density at radius 3 is 3.00 bits per heavy atom.